The van der Waals surface area contributed by atoms with E-state index in [-0.39, 0.29) is 29.7 Å². The Bertz CT molecular complexity index is 408. The number of aliphatic hydroxyl groups is 1. The van der Waals surface area contributed by atoms with Crippen LogP contribution in [-0.2, 0) is 0 Å². The van der Waals surface area contributed by atoms with Crippen molar-refractivity contribution in [3.05, 3.63) is 23.8 Å². The fourth-order valence-corrected chi connectivity index (χ4v) is 2.65. The second kappa shape index (κ2) is 5.59. The molecule has 1 aromatic rings. The van der Waals surface area contributed by atoms with Gasteiger partial charge in [-0.05, 0) is 50.8 Å². The van der Waals surface area contributed by atoms with Crippen molar-refractivity contribution in [1.29, 1.82) is 0 Å². The van der Waals surface area contributed by atoms with Gasteiger partial charge in [-0.2, -0.15) is 0 Å². The van der Waals surface area contributed by atoms with E-state index in [4.69, 9.17) is 0 Å². The number of phenolic OH excluding ortho intramolecular Hbond substituents is 2. The minimum absolute atomic E-state index is 0.0487. The Labute approximate surface area is 107 Å². The predicted octanol–water partition coefficient (Wildman–Crippen LogP) is 2.05. The van der Waals surface area contributed by atoms with Crippen molar-refractivity contribution in [2.75, 3.05) is 0 Å². The monoisotopic (exact) mass is 251 g/mol. The van der Waals surface area contributed by atoms with Gasteiger partial charge in [0, 0.05) is 17.6 Å². The van der Waals surface area contributed by atoms with Gasteiger partial charge in [0.2, 0.25) is 0 Å². The first-order valence-corrected chi connectivity index (χ1v) is 6.52. The van der Waals surface area contributed by atoms with Crippen molar-refractivity contribution in [1.82, 2.24) is 5.32 Å². The summed E-state index contributed by atoms with van der Waals surface area (Å²) in [7, 11) is 0. The molecule has 3 unspecified atom stereocenters. The third kappa shape index (κ3) is 3.15. The van der Waals surface area contributed by atoms with Crippen LogP contribution in [0.5, 0.6) is 11.5 Å². The molecule has 4 nitrogen and oxygen atoms in total. The molecule has 0 spiro atoms. The predicted molar refractivity (Wildman–Crippen MR) is 69.6 cm³/mol. The molecule has 0 heterocycles. The molecule has 3 atom stereocenters. The molecule has 0 aromatic heterocycles. The number of nitrogens with one attached hydrogen (secondary N) is 1. The van der Waals surface area contributed by atoms with E-state index in [1.807, 2.05) is 6.92 Å². The number of hydrogen-bond donors (Lipinski definition) is 4. The van der Waals surface area contributed by atoms with Crippen LogP contribution in [0.4, 0.5) is 0 Å². The summed E-state index contributed by atoms with van der Waals surface area (Å²) in [6.07, 6.45) is 3.48. The summed E-state index contributed by atoms with van der Waals surface area (Å²) in [4.78, 5) is 0. The molecule has 1 aromatic carbocycles. The van der Waals surface area contributed by atoms with Crippen LogP contribution in [0.15, 0.2) is 18.2 Å². The maximum Gasteiger partial charge on any atom is 0.120 e. The van der Waals surface area contributed by atoms with Crippen LogP contribution in [-0.4, -0.2) is 27.5 Å². The van der Waals surface area contributed by atoms with Gasteiger partial charge >= 0.3 is 0 Å². The zero-order valence-corrected chi connectivity index (χ0v) is 10.6. The summed E-state index contributed by atoms with van der Waals surface area (Å²) in [5.41, 5.74) is 0.690. The lowest BCUT2D eigenvalue weighted by Gasteiger charge is -2.29. The van der Waals surface area contributed by atoms with Gasteiger partial charge in [-0.15, -0.1) is 0 Å². The molecule has 1 aliphatic carbocycles. The Hall–Kier alpha value is -1.26. The quantitative estimate of drug-likeness (QED) is 0.620. The Morgan fingerprint density at radius 2 is 2.06 bits per heavy atom. The zero-order valence-electron chi connectivity index (χ0n) is 10.6. The van der Waals surface area contributed by atoms with E-state index < -0.39 is 0 Å². The number of benzene rings is 1. The smallest absolute Gasteiger partial charge is 0.120 e. The van der Waals surface area contributed by atoms with Gasteiger partial charge < -0.3 is 20.6 Å². The van der Waals surface area contributed by atoms with E-state index in [2.05, 4.69) is 5.32 Å². The fraction of sp³-hybridized carbons (Fsp3) is 0.571. The standard InChI is InChI=1S/C14H21NO3/c1-9(13-8-12(17)5-6-14(13)18)15-10-3-2-4-11(16)7-10/h5-6,8-11,15-18H,2-4,7H2,1H3. The number of aromatic hydroxyl groups is 2. The van der Waals surface area contributed by atoms with Gasteiger partial charge in [-0.1, -0.05) is 0 Å². The molecule has 4 N–H and O–H groups in total. The first kappa shape index (κ1) is 13.2. The van der Waals surface area contributed by atoms with Crippen molar-refractivity contribution in [3.63, 3.8) is 0 Å². The molecule has 0 radical (unpaired) electrons. The lowest BCUT2D eigenvalue weighted by Crippen LogP contribution is -2.37. The molecule has 4 heteroatoms. The van der Waals surface area contributed by atoms with Gasteiger partial charge in [-0.25, -0.2) is 0 Å². The van der Waals surface area contributed by atoms with Crippen LogP contribution in [0.1, 0.15) is 44.2 Å². The zero-order chi connectivity index (χ0) is 13.1. The Morgan fingerprint density at radius 3 is 2.78 bits per heavy atom. The van der Waals surface area contributed by atoms with Crippen LogP contribution in [0, 0.1) is 0 Å². The molecule has 0 saturated heterocycles. The van der Waals surface area contributed by atoms with Gasteiger partial charge in [0.15, 0.2) is 0 Å². The fourth-order valence-electron chi connectivity index (χ4n) is 2.65. The van der Waals surface area contributed by atoms with Crippen LogP contribution in [0.25, 0.3) is 0 Å². The minimum atomic E-state index is -0.221. The summed E-state index contributed by atoms with van der Waals surface area (Å²) >= 11 is 0. The molecule has 1 saturated carbocycles. The highest BCUT2D eigenvalue weighted by Gasteiger charge is 2.22. The van der Waals surface area contributed by atoms with Gasteiger partial charge in [0.05, 0.1) is 6.10 Å². The summed E-state index contributed by atoms with van der Waals surface area (Å²) in [5.74, 6) is 0.337. The molecular formula is C14H21NO3. The van der Waals surface area contributed by atoms with Crippen LogP contribution in [0.3, 0.4) is 0 Å². The molecule has 1 fully saturated rings. The Morgan fingerprint density at radius 1 is 1.28 bits per heavy atom. The van der Waals surface area contributed by atoms with E-state index in [1.165, 1.54) is 12.1 Å². The number of phenols is 2. The van der Waals surface area contributed by atoms with Crippen LogP contribution >= 0.6 is 0 Å². The number of rotatable bonds is 3. The summed E-state index contributed by atoms with van der Waals surface area (Å²) in [6.45, 7) is 1.95. The van der Waals surface area contributed by atoms with E-state index in [0.29, 0.717) is 5.56 Å². The van der Waals surface area contributed by atoms with Crippen molar-refractivity contribution in [2.24, 2.45) is 0 Å². The van der Waals surface area contributed by atoms with Crippen LogP contribution < -0.4 is 5.32 Å². The molecular weight excluding hydrogens is 230 g/mol. The van der Waals surface area contributed by atoms with Crippen molar-refractivity contribution in [2.45, 2.75) is 50.8 Å². The van der Waals surface area contributed by atoms with Gasteiger partial charge in [-0.3, -0.25) is 0 Å². The summed E-state index contributed by atoms with van der Waals surface area (Å²) < 4.78 is 0. The maximum atomic E-state index is 9.79. The molecule has 100 valence electrons. The third-order valence-corrected chi connectivity index (χ3v) is 3.61. The molecule has 18 heavy (non-hydrogen) atoms. The number of hydrogen-bond acceptors (Lipinski definition) is 4. The normalized spacial score (nSPS) is 25.9. The Balaban J connectivity index is 2.02. The van der Waals surface area contributed by atoms with E-state index in [0.717, 1.165) is 25.7 Å². The largest absolute Gasteiger partial charge is 0.508 e. The highest BCUT2D eigenvalue weighted by atomic mass is 16.3. The summed E-state index contributed by atoms with van der Waals surface area (Å²) in [5, 5.41) is 32.3. The molecule has 1 aliphatic rings. The van der Waals surface area contributed by atoms with E-state index >= 15 is 0 Å². The molecule has 2 rings (SSSR count). The SMILES string of the molecule is CC(NC1CCCC(O)C1)c1cc(O)ccc1O. The van der Waals surface area contributed by atoms with Gasteiger partial charge in [0.25, 0.3) is 0 Å². The molecule has 0 amide bonds. The lowest BCUT2D eigenvalue weighted by molar-refractivity contribution is 0.109. The minimum Gasteiger partial charge on any atom is -0.508 e. The van der Waals surface area contributed by atoms with Crippen molar-refractivity contribution in [3.8, 4) is 11.5 Å². The first-order chi connectivity index (χ1) is 8.56. The van der Waals surface area contributed by atoms with Crippen LogP contribution in [0.2, 0.25) is 0 Å². The van der Waals surface area contributed by atoms with Crippen molar-refractivity contribution >= 4 is 0 Å². The third-order valence-electron chi connectivity index (χ3n) is 3.61. The van der Waals surface area contributed by atoms with E-state index in [1.54, 1.807) is 6.07 Å². The summed E-state index contributed by atoms with van der Waals surface area (Å²) in [6, 6.07) is 4.76. The second-order valence-electron chi connectivity index (χ2n) is 5.15. The highest BCUT2D eigenvalue weighted by Crippen LogP contribution is 2.29. The van der Waals surface area contributed by atoms with E-state index in [9.17, 15) is 15.3 Å². The molecule has 0 aliphatic heterocycles. The first-order valence-electron chi connectivity index (χ1n) is 6.52. The average molecular weight is 251 g/mol. The number of aliphatic hydroxyl groups excluding tert-OH is 1. The maximum absolute atomic E-state index is 9.79. The molecule has 0 bridgehead atoms. The average Bonchev–Trinajstić information content (AvgIpc) is 2.32. The lowest BCUT2D eigenvalue weighted by atomic mass is 9.92. The topological polar surface area (TPSA) is 72.7 Å². The van der Waals surface area contributed by atoms with Gasteiger partial charge in [0.1, 0.15) is 11.5 Å². The second-order valence-corrected chi connectivity index (χ2v) is 5.15. The highest BCUT2D eigenvalue weighted by molar-refractivity contribution is 5.40. The van der Waals surface area contributed by atoms with Crippen molar-refractivity contribution < 1.29 is 15.3 Å². The Kier molecular flexibility index (Phi) is 4.09.